The van der Waals surface area contributed by atoms with Crippen molar-refractivity contribution in [1.29, 1.82) is 0 Å². The maximum atomic E-state index is 11.9. The Morgan fingerprint density at radius 3 is 2.60 bits per heavy atom. The minimum absolute atomic E-state index is 0.0414. The Morgan fingerprint density at radius 1 is 1.30 bits per heavy atom. The summed E-state index contributed by atoms with van der Waals surface area (Å²) in [6.07, 6.45) is 4.92. The summed E-state index contributed by atoms with van der Waals surface area (Å²) in [5.74, 6) is 0.140. The molecule has 0 aromatic carbocycles. The standard InChI is InChI=1S/C15H28N2O3/c1-11(2)12(6-7-14(18)19)8-10-17-15(20)13-5-3-4-9-16-13/h11-13,16H,3-10H2,1-2H3,(H,17,20)(H,18,19)/t12?,13-/m0/s1. The molecule has 2 atom stereocenters. The smallest absolute Gasteiger partial charge is 0.303 e. The molecular weight excluding hydrogens is 256 g/mol. The molecule has 0 aromatic rings. The number of hydrogen-bond acceptors (Lipinski definition) is 3. The van der Waals surface area contributed by atoms with Gasteiger partial charge in [0.05, 0.1) is 6.04 Å². The molecule has 1 aliphatic heterocycles. The number of carbonyl (C=O) groups excluding carboxylic acids is 1. The maximum absolute atomic E-state index is 11.9. The molecule has 20 heavy (non-hydrogen) atoms. The Bertz CT molecular complexity index is 312. The maximum Gasteiger partial charge on any atom is 0.303 e. The van der Waals surface area contributed by atoms with Gasteiger partial charge in [-0.05, 0) is 44.1 Å². The van der Waals surface area contributed by atoms with E-state index in [9.17, 15) is 9.59 Å². The molecule has 1 amide bonds. The molecule has 1 saturated heterocycles. The van der Waals surface area contributed by atoms with E-state index >= 15 is 0 Å². The van der Waals surface area contributed by atoms with Gasteiger partial charge in [-0.25, -0.2) is 0 Å². The fourth-order valence-corrected chi connectivity index (χ4v) is 2.70. The van der Waals surface area contributed by atoms with Gasteiger partial charge in [-0.2, -0.15) is 0 Å². The Morgan fingerprint density at radius 2 is 2.05 bits per heavy atom. The van der Waals surface area contributed by atoms with Crippen LogP contribution in [0, 0.1) is 11.8 Å². The fourth-order valence-electron chi connectivity index (χ4n) is 2.70. The summed E-state index contributed by atoms with van der Waals surface area (Å²) in [7, 11) is 0. The molecule has 0 saturated carbocycles. The Kier molecular flexibility index (Phi) is 7.59. The summed E-state index contributed by atoms with van der Waals surface area (Å²) < 4.78 is 0. The molecule has 1 fully saturated rings. The van der Waals surface area contributed by atoms with E-state index in [1.807, 2.05) is 0 Å². The molecule has 5 heteroatoms. The van der Waals surface area contributed by atoms with Crippen molar-refractivity contribution >= 4 is 11.9 Å². The van der Waals surface area contributed by atoms with Gasteiger partial charge in [0.2, 0.25) is 5.91 Å². The molecule has 5 nitrogen and oxygen atoms in total. The molecule has 3 N–H and O–H groups in total. The molecule has 0 spiro atoms. The lowest BCUT2D eigenvalue weighted by Gasteiger charge is -2.24. The summed E-state index contributed by atoms with van der Waals surface area (Å²) in [6, 6.07) is -0.0414. The number of aliphatic carboxylic acids is 1. The number of hydrogen-bond donors (Lipinski definition) is 3. The van der Waals surface area contributed by atoms with Crippen molar-refractivity contribution in [2.45, 2.75) is 58.4 Å². The van der Waals surface area contributed by atoms with Crippen LogP contribution in [-0.4, -0.2) is 36.1 Å². The highest BCUT2D eigenvalue weighted by molar-refractivity contribution is 5.81. The summed E-state index contributed by atoms with van der Waals surface area (Å²) >= 11 is 0. The van der Waals surface area contributed by atoms with Crippen molar-refractivity contribution in [3.8, 4) is 0 Å². The number of nitrogens with one attached hydrogen (secondary N) is 2. The Labute approximate surface area is 121 Å². The van der Waals surface area contributed by atoms with Crippen molar-refractivity contribution in [3.05, 3.63) is 0 Å². The van der Waals surface area contributed by atoms with Crippen LogP contribution in [0.4, 0.5) is 0 Å². The van der Waals surface area contributed by atoms with Crippen LogP contribution >= 0.6 is 0 Å². The van der Waals surface area contributed by atoms with Crippen molar-refractivity contribution in [3.63, 3.8) is 0 Å². The first kappa shape index (κ1) is 17.0. The summed E-state index contributed by atoms with van der Waals surface area (Å²) in [6.45, 7) is 5.78. The normalized spacial score (nSPS) is 20.6. The van der Waals surface area contributed by atoms with Gasteiger partial charge in [0.1, 0.15) is 0 Å². The predicted molar refractivity (Wildman–Crippen MR) is 78.5 cm³/mol. The van der Waals surface area contributed by atoms with Crippen LogP contribution in [-0.2, 0) is 9.59 Å². The van der Waals surface area contributed by atoms with E-state index in [0.717, 1.165) is 32.2 Å². The molecule has 1 rings (SSSR count). The molecule has 1 aliphatic rings. The molecule has 116 valence electrons. The van der Waals surface area contributed by atoms with Crippen LogP contribution in [0.1, 0.15) is 52.4 Å². The SMILES string of the molecule is CC(C)C(CCNC(=O)[C@@H]1CCCCN1)CCC(=O)O. The van der Waals surface area contributed by atoms with E-state index in [2.05, 4.69) is 24.5 Å². The number of carboxylic acid groups (broad SMARTS) is 1. The van der Waals surface area contributed by atoms with Gasteiger partial charge in [-0.3, -0.25) is 9.59 Å². The topological polar surface area (TPSA) is 78.4 Å². The third-order valence-electron chi connectivity index (χ3n) is 4.11. The Hall–Kier alpha value is -1.10. The van der Waals surface area contributed by atoms with Gasteiger partial charge >= 0.3 is 5.97 Å². The second kappa shape index (κ2) is 8.95. The Balaban J connectivity index is 2.25. The lowest BCUT2D eigenvalue weighted by atomic mass is 9.88. The van der Waals surface area contributed by atoms with Crippen LogP contribution < -0.4 is 10.6 Å². The highest BCUT2D eigenvalue weighted by atomic mass is 16.4. The number of rotatable bonds is 8. The van der Waals surface area contributed by atoms with E-state index in [1.54, 1.807) is 0 Å². The van der Waals surface area contributed by atoms with Crippen molar-refractivity contribution in [1.82, 2.24) is 10.6 Å². The average molecular weight is 284 g/mol. The van der Waals surface area contributed by atoms with Gasteiger partial charge in [0.25, 0.3) is 0 Å². The fraction of sp³-hybridized carbons (Fsp3) is 0.867. The van der Waals surface area contributed by atoms with Crippen molar-refractivity contribution in [2.24, 2.45) is 11.8 Å². The van der Waals surface area contributed by atoms with Gasteiger partial charge in [0, 0.05) is 13.0 Å². The minimum Gasteiger partial charge on any atom is -0.481 e. The van der Waals surface area contributed by atoms with Crippen molar-refractivity contribution < 1.29 is 14.7 Å². The van der Waals surface area contributed by atoms with E-state index in [4.69, 9.17) is 5.11 Å². The number of carboxylic acids is 1. The zero-order valence-electron chi connectivity index (χ0n) is 12.7. The summed E-state index contributed by atoms with van der Waals surface area (Å²) in [4.78, 5) is 22.6. The second-order valence-corrected chi connectivity index (χ2v) is 6.02. The van der Waals surface area contributed by atoms with Crippen LogP contribution in [0.3, 0.4) is 0 Å². The molecular formula is C15H28N2O3. The molecule has 0 aliphatic carbocycles. The van der Waals surface area contributed by atoms with Crippen LogP contribution in [0.5, 0.6) is 0 Å². The van der Waals surface area contributed by atoms with Gasteiger partial charge < -0.3 is 15.7 Å². The van der Waals surface area contributed by atoms with E-state index in [0.29, 0.717) is 24.8 Å². The molecule has 1 heterocycles. The average Bonchev–Trinajstić information content (AvgIpc) is 2.42. The predicted octanol–water partition coefficient (Wildman–Crippen LogP) is 1.77. The number of carbonyl (C=O) groups is 2. The third-order valence-corrected chi connectivity index (χ3v) is 4.11. The zero-order chi connectivity index (χ0) is 15.0. The lowest BCUT2D eigenvalue weighted by Crippen LogP contribution is -2.47. The molecule has 0 aromatic heterocycles. The zero-order valence-corrected chi connectivity index (χ0v) is 12.7. The van der Waals surface area contributed by atoms with Crippen LogP contribution in [0.15, 0.2) is 0 Å². The number of piperidine rings is 1. The van der Waals surface area contributed by atoms with Gasteiger partial charge in [-0.1, -0.05) is 20.3 Å². The van der Waals surface area contributed by atoms with Crippen LogP contribution in [0.2, 0.25) is 0 Å². The monoisotopic (exact) mass is 284 g/mol. The van der Waals surface area contributed by atoms with E-state index in [-0.39, 0.29) is 18.4 Å². The summed E-state index contributed by atoms with van der Waals surface area (Å²) in [5.41, 5.74) is 0. The van der Waals surface area contributed by atoms with E-state index in [1.165, 1.54) is 0 Å². The first-order valence-electron chi connectivity index (χ1n) is 7.73. The lowest BCUT2D eigenvalue weighted by molar-refractivity contribution is -0.137. The first-order valence-corrected chi connectivity index (χ1v) is 7.73. The van der Waals surface area contributed by atoms with Gasteiger partial charge in [-0.15, -0.1) is 0 Å². The molecule has 0 radical (unpaired) electrons. The highest BCUT2D eigenvalue weighted by Gasteiger charge is 2.21. The van der Waals surface area contributed by atoms with Crippen LogP contribution in [0.25, 0.3) is 0 Å². The third kappa shape index (κ3) is 6.37. The number of amides is 1. The minimum atomic E-state index is -0.744. The highest BCUT2D eigenvalue weighted by Crippen LogP contribution is 2.20. The van der Waals surface area contributed by atoms with Gasteiger partial charge in [0.15, 0.2) is 0 Å². The van der Waals surface area contributed by atoms with Crippen molar-refractivity contribution in [2.75, 3.05) is 13.1 Å². The summed E-state index contributed by atoms with van der Waals surface area (Å²) in [5, 5.41) is 15.0. The largest absolute Gasteiger partial charge is 0.481 e. The quantitative estimate of drug-likeness (QED) is 0.635. The molecule has 0 bridgehead atoms. The first-order chi connectivity index (χ1) is 9.50. The molecule has 1 unspecified atom stereocenters. The van der Waals surface area contributed by atoms with E-state index < -0.39 is 5.97 Å². The second-order valence-electron chi connectivity index (χ2n) is 6.02.